The summed E-state index contributed by atoms with van der Waals surface area (Å²) < 4.78 is 6.84. The summed E-state index contributed by atoms with van der Waals surface area (Å²) in [6.07, 6.45) is 0.517. The van der Waals surface area contributed by atoms with E-state index in [2.05, 4.69) is 27.7 Å². The molecule has 4 aliphatic rings. The van der Waals surface area contributed by atoms with Crippen LogP contribution in [-0.2, 0) is 9.53 Å². The highest BCUT2D eigenvalue weighted by Crippen LogP contribution is 2.63. The first-order valence-corrected chi connectivity index (χ1v) is 13.8. The van der Waals surface area contributed by atoms with E-state index in [0.717, 1.165) is 25.7 Å². The summed E-state index contributed by atoms with van der Waals surface area (Å²) in [7, 11) is 0. The molecule has 0 unspecified atom stereocenters. The molecule has 34 heavy (non-hydrogen) atoms. The molecule has 14 atom stereocenters. The number of hydrogen-bond acceptors (Lipinski definition) is 6. The molecule has 4 rings (SSSR count). The van der Waals surface area contributed by atoms with Crippen LogP contribution < -0.4 is 0 Å². The molecule has 0 radical (unpaired) electrons. The summed E-state index contributed by atoms with van der Waals surface area (Å²) in [5.74, 6) is -0.199. The maximum absolute atomic E-state index is 12.6. The molecule has 3 aliphatic carbocycles. The maximum Gasteiger partial charge on any atom is 0.133 e. The van der Waals surface area contributed by atoms with Crippen molar-refractivity contribution >= 4 is 5.78 Å². The minimum absolute atomic E-state index is 0.0233. The Morgan fingerprint density at radius 1 is 1.00 bits per heavy atom. The molecule has 196 valence electrons. The molecule has 0 aromatic carbocycles. The van der Waals surface area contributed by atoms with Crippen LogP contribution in [0.1, 0.15) is 80.1 Å². The second-order valence-corrected chi connectivity index (χ2v) is 12.9. The Labute approximate surface area is 205 Å². The van der Waals surface area contributed by atoms with E-state index >= 15 is 0 Å². The highest BCUT2D eigenvalue weighted by atomic mass is 16.5. The first-order chi connectivity index (χ1) is 15.9. The van der Waals surface area contributed by atoms with E-state index in [-0.39, 0.29) is 70.7 Å². The quantitative estimate of drug-likeness (QED) is 0.481. The van der Waals surface area contributed by atoms with E-state index < -0.39 is 24.4 Å². The molecule has 4 N–H and O–H groups in total. The van der Waals surface area contributed by atoms with Crippen LogP contribution >= 0.6 is 0 Å². The molecule has 1 aliphatic heterocycles. The SMILES string of the molecule is CC(C)[C@H](C)[C@@H](O)[C@H](O)[C@H](C)[C@H]1O[C@@H](C)[C@H]2CCC(=O)C[C@@H]2[C@H]2[C@H](O)[C@H](O)[C@@H]3CCC[C@]3(C)[C@H]12. The number of fused-ring (bicyclic) bond motifs is 5. The zero-order valence-electron chi connectivity index (χ0n) is 21.9. The Hall–Kier alpha value is -0.530. The summed E-state index contributed by atoms with van der Waals surface area (Å²) in [6, 6.07) is 0. The first-order valence-electron chi connectivity index (χ1n) is 13.8. The van der Waals surface area contributed by atoms with Gasteiger partial charge < -0.3 is 25.2 Å². The number of ketones is 1. The number of aliphatic hydroxyl groups excluding tert-OH is 4. The van der Waals surface area contributed by atoms with Crippen LogP contribution in [0.25, 0.3) is 0 Å². The van der Waals surface area contributed by atoms with Gasteiger partial charge >= 0.3 is 0 Å². The predicted molar refractivity (Wildman–Crippen MR) is 130 cm³/mol. The monoisotopic (exact) mass is 480 g/mol. The van der Waals surface area contributed by atoms with Crippen LogP contribution in [0.4, 0.5) is 0 Å². The van der Waals surface area contributed by atoms with Gasteiger partial charge in [0.1, 0.15) is 5.78 Å². The second-order valence-electron chi connectivity index (χ2n) is 12.9. The molecule has 3 saturated carbocycles. The average Bonchev–Trinajstić information content (AvgIpc) is 3.14. The van der Waals surface area contributed by atoms with Crippen LogP contribution in [0.2, 0.25) is 0 Å². The molecule has 6 heteroatoms. The van der Waals surface area contributed by atoms with Gasteiger partial charge in [0, 0.05) is 18.8 Å². The van der Waals surface area contributed by atoms with Gasteiger partial charge in [-0.25, -0.2) is 0 Å². The van der Waals surface area contributed by atoms with Crippen molar-refractivity contribution in [1.29, 1.82) is 0 Å². The summed E-state index contributed by atoms with van der Waals surface area (Å²) in [5, 5.41) is 45.2. The van der Waals surface area contributed by atoms with Gasteiger partial charge in [-0.15, -0.1) is 0 Å². The Bertz CT molecular complexity index is 740. The van der Waals surface area contributed by atoms with Crippen LogP contribution in [0.15, 0.2) is 0 Å². The number of carbonyl (C=O) groups is 1. The minimum Gasteiger partial charge on any atom is -0.390 e. The molecule has 0 aromatic rings. The molecule has 0 spiro atoms. The Morgan fingerprint density at radius 3 is 2.32 bits per heavy atom. The molecular formula is C28H48O6. The molecule has 0 amide bonds. The van der Waals surface area contributed by atoms with Gasteiger partial charge in [-0.2, -0.15) is 0 Å². The van der Waals surface area contributed by atoms with Crippen molar-refractivity contribution in [3.05, 3.63) is 0 Å². The van der Waals surface area contributed by atoms with E-state index in [9.17, 15) is 25.2 Å². The smallest absolute Gasteiger partial charge is 0.133 e. The fourth-order valence-corrected chi connectivity index (χ4v) is 8.58. The van der Waals surface area contributed by atoms with Crippen LogP contribution in [0, 0.1) is 52.8 Å². The Balaban J connectivity index is 1.77. The van der Waals surface area contributed by atoms with Crippen molar-refractivity contribution in [3.8, 4) is 0 Å². The minimum atomic E-state index is -0.954. The molecule has 6 nitrogen and oxygen atoms in total. The van der Waals surface area contributed by atoms with Gasteiger partial charge in [0.2, 0.25) is 0 Å². The highest BCUT2D eigenvalue weighted by molar-refractivity contribution is 5.79. The molecule has 1 saturated heterocycles. The number of Topliss-reactive ketones (excluding diaryl/α,β-unsaturated/α-hetero) is 1. The zero-order chi connectivity index (χ0) is 25.1. The van der Waals surface area contributed by atoms with E-state index in [1.54, 1.807) is 0 Å². The molecule has 4 fully saturated rings. The average molecular weight is 481 g/mol. The van der Waals surface area contributed by atoms with Crippen molar-refractivity contribution in [1.82, 2.24) is 0 Å². The fourth-order valence-electron chi connectivity index (χ4n) is 8.58. The van der Waals surface area contributed by atoms with Crippen LogP contribution in [-0.4, -0.2) is 62.8 Å². The summed E-state index contributed by atoms with van der Waals surface area (Å²) in [4.78, 5) is 12.6. The third-order valence-corrected chi connectivity index (χ3v) is 11.0. The van der Waals surface area contributed by atoms with Gasteiger partial charge in [0.25, 0.3) is 0 Å². The number of hydrogen-bond donors (Lipinski definition) is 4. The standard InChI is InChI=1S/C28H48O6/c1-13(2)14(3)23(30)24(31)15(4)27-22-21(19-12-17(29)9-10-18(19)16(5)34-27)26(33)25(32)20-8-7-11-28(20,22)6/h13-16,18-27,30-33H,7-12H2,1-6H3/t14-,15-,16-,18+,19-,20-,21+,22-,23+,24+,25+,26-,27+,28-/m0/s1. The number of carbonyl (C=O) groups excluding carboxylic acids is 1. The van der Waals surface area contributed by atoms with Gasteiger partial charge in [0.15, 0.2) is 0 Å². The van der Waals surface area contributed by atoms with Crippen LogP contribution in [0.3, 0.4) is 0 Å². The largest absolute Gasteiger partial charge is 0.390 e. The third-order valence-electron chi connectivity index (χ3n) is 11.0. The maximum atomic E-state index is 12.6. The summed E-state index contributed by atoms with van der Waals surface area (Å²) >= 11 is 0. The topological polar surface area (TPSA) is 107 Å². The van der Waals surface area contributed by atoms with Crippen molar-refractivity contribution in [3.63, 3.8) is 0 Å². The van der Waals surface area contributed by atoms with E-state index in [1.165, 1.54) is 0 Å². The molecule has 1 heterocycles. The van der Waals surface area contributed by atoms with Crippen molar-refractivity contribution in [2.45, 2.75) is 117 Å². The van der Waals surface area contributed by atoms with Crippen LogP contribution in [0.5, 0.6) is 0 Å². The zero-order valence-corrected chi connectivity index (χ0v) is 21.9. The lowest BCUT2D eigenvalue weighted by Crippen LogP contribution is -2.62. The number of rotatable bonds is 5. The molecular weight excluding hydrogens is 432 g/mol. The fraction of sp³-hybridized carbons (Fsp3) is 0.964. The van der Waals surface area contributed by atoms with Gasteiger partial charge in [0.05, 0.1) is 36.6 Å². The summed E-state index contributed by atoms with van der Waals surface area (Å²) in [5.41, 5.74) is -0.244. The lowest BCUT2D eigenvalue weighted by Gasteiger charge is -2.57. The number of ether oxygens (including phenoxy) is 1. The van der Waals surface area contributed by atoms with Crippen molar-refractivity contribution in [2.75, 3.05) is 0 Å². The molecule has 0 aromatic heterocycles. The normalized spacial score (nSPS) is 48.3. The van der Waals surface area contributed by atoms with Crippen molar-refractivity contribution in [2.24, 2.45) is 52.8 Å². The molecule has 0 bridgehead atoms. The van der Waals surface area contributed by atoms with Gasteiger partial charge in [-0.3, -0.25) is 4.79 Å². The second kappa shape index (κ2) is 9.74. The van der Waals surface area contributed by atoms with E-state index in [4.69, 9.17) is 4.74 Å². The first kappa shape index (κ1) is 26.5. The lowest BCUT2D eigenvalue weighted by molar-refractivity contribution is -0.207. The Kier molecular flexibility index (Phi) is 7.60. The predicted octanol–water partition coefficient (Wildman–Crippen LogP) is 3.18. The van der Waals surface area contributed by atoms with Crippen molar-refractivity contribution < 1.29 is 30.0 Å². The number of aliphatic hydroxyl groups is 4. The third kappa shape index (κ3) is 4.19. The lowest BCUT2D eigenvalue weighted by atomic mass is 9.49. The highest BCUT2D eigenvalue weighted by Gasteiger charge is 2.65. The van der Waals surface area contributed by atoms with Gasteiger partial charge in [-0.05, 0) is 73.0 Å². The Morgan fingerprint density at radius 2 is 1.68 bits per heavy atom. The van der Waals surface area contributed by atoms with E-state index in [0.29, 0.717) is 12.8 Å². The summed E-state index contributed by atoms with van der Waals surface area (Å²) in [6.45, 7) is 12.4. The van der Waals surface area contributed by atoms with E-state index in [1.807, 2.05) is 13.8 Å². The van der Waals surface area contributed by atoms with Gasteiger partial charge in [-0.1, -0.05) is 41.0 Å².